The Balaban J connectivity index is 1.86. The molecule has 0 aliphatic rings. The van der Waals surface area contributed by atoms with Gasteiger partial charge in [0.05, 0.1) is 12.7 Å². The van der Waals surface area contributed by atoms with Crippen molar-refractivity contribution >= 4 is 23.7 Å². The molecule has 0 aliphatic carbocycles. The van der Waals surface area contributed by atoms with Gasteiger partial charge in [0.15, 0.2) is 11.5 Å². The summed E-state index contributed by atoms with van der Waals surface area (Å²) in [6.45, 7) is 1.38. The van der Waals surface area contributed by atoms with Crippen LogP contribution in [-0.4, -0.2) is 37.9 Å². The average molecular weight is 563 g/mol. The number of nitrogens with one attached hydrogen (secondary N) is 1. The van der Waals surface area contributed by atoms with Crippen molar-refractivity contribution in [1.82, 2.24) is 19.7 Å². The van der Waals surface area contributed by atoms with Crippen LogP contribution in [0.15, 0.2) is 60.8 Å². The summed E-state index contributed by atoms with van der Waals surface area (Å²) < 4.78 is 86.2. The molecule has 4 aromatic rings. The lowest BCUT2D eigenvalue weighted by Gasteiger charge is -2.15. The molecule has 4 rings (SSSR count). The first kappa shape index (κ1) is 28.1. The van der Waals surface area contributed by atoms with Crippen LogP contribution < -0.4 is 10.1 Å². The second-order valence-electron chi connectivity index (χ2n) is 8.38. The van der Waals surface area contributed by atoms with E-state index in [1.54, 1.807) is 24.3 Å². The number of halogens is 6. The molecule has 208 valence electrons. The predicted octanol–water partition coefficient (Wildman–Crippen LogP) is 6.53. The molecule has 0 aliphatic heterocycles. The fourth-order valence-corrected chi connectivity index (χ4v) is 3.68. The molecule has 0 spiro atoms. The van der Waals surface area contributed by atoms with Crippen LogP contribution in [0.25, 0.3) is 23.0 Å². The third-order valence-corrected chi connectivity index (χ3v) is 5.49. The van der Waals surface area contributed by atoms with Crippen molar-refractivity contribution < 1.29 is 41.0 Å². The predicted molar refractivity (Wildman–Crippen MR) is 132 cm³/mol. The van der Waals surface area contributed by atoms with Gasteiger partial charge < -0.3 is 15.2 Å². The van der Waals surface area contributed by atoms with Gasteiger partial charge in [-0.2, -0.15) is 36.4 Å². The minimum Gasteiger partial charge on any atom is -0.497 e. The van der Waals surface area contributed by atoms with E-state index in [9.17, 15) is 31.1 Å². The Morgan fingerprint density at radius 1 is 1.05 bits per heavy atom. The number of hydrogen-bond acceptors (Lipinski definition) is 6. The van der Waals surface area contributed by atoms with Crippen LogP contribution in [-0.2, 0) is 17.1 Å². The van der Waals surface area contributed by atoms with Crippen LogP contribution in [0.1, 0.15) is 22.5 Å². The van der Waals surface area contributed by atoms with Gasteiger partial charge in [0.2, 0.25) is 5.95 Å². The van der Waals surface area contributed by atoms with Gasteiger partial charge in [-0.25, -0.2) is 14.5 Å². The van der Waals surface area contributed by atoms with Gasteiger partial charge in [0.1, 0.15) is 5.75 Å². The topological polar surface area (TPSA) is 102 Å². The molecule has 2 N–H and O–H groups in total. The van der Waals surface area contributed by atoms with E-state index in [0.717, 1.165) is 29.0 Å². The normalized spacial score (nSPS) is 12.1. The van der Waals surface area contributed by atoms with E-state index in [2.05, 4.69) is 20.4 Å². The Bertz CT molecular complexity index is 1590. The summed E-state index contributed by atoms with van der Waals surface area (Å²) in [5.41, 5.74) is -1.09. The van der Waals surface area contributed by atoms with Gasteiger partial charge in [-0.3, -0.25) is 0 Å². The van der Waals surface area contributed by atoms with E-state index in [1.807, 2.05) is 0 Å². The minimum atomic E-state index is -4.75. The maximum atomic E-state index is 13.4. The third-order valence-electron chi connectivity index (χ3n) is 5.49. The van der Waals surface area contributed by atoms with Crippen molar-refractivity contribution in [2.75, 3.05) is 12.4 Å². The lowest BCUT2D eigenvalue weighted by molar-refractivity contribution is -0.141. The van der Waals surface area contributed by atoms with Crippen molar-refractivity contribution in [3.05, 3.63) is 83.3 Å². The largest absolute Gasteiger partial charge is 0.497 e. The fourth-order valence-electron chi connectivity index (χ4n) is 3.68. The number of anilines is 2. The summed E-state index contributed by atoms with van der Waals surface area (Å²) in [6, 6.07) is 10.1. The molecule has 2 heterocycles. The smallest absolute Gasteiger partial charge is 0.435 e. The number of ether oxygens (including phenoxy) is 1. The van der Waals surface area contributed by atoms with Crippen molar-refractivity contribution in [3.8, 4) is 22.7 Å². The van der Waals surface area contributed by atoms with Gasteiger partial charge in [0, 0.05) is 35.3 Å². The Morgan fingerprint density at radius 3 is 2.42 bits per heavy atom. The Labute approximate surface area is 222 Å². The van der Waals surface area contributed by atoms with Gasteiger partial charge >= 0.3 is 18.3 Å². The number of alkyl halides is 6. The molecular weight excluding hydrogens is 544 g/mol. The number of rotatable bonds is 7. The molecule has 8 nitrogen and oxygen atoms in total. The molecular formula is C26H19F6N5O3. The molecule has 2 aromatic carbocycles. The van der Waals surface area contributed by atoms with E-state index in [-0.39, 0.29) is 34.5 Å². The Morgan fingerprint density at radius 2 is 1.80 bits per heavy atom. The lowest BCUT2D eigenvalue weighted by Crippen LogP contribution is -2.11. The van der Waals surface area contributed by atoms with Crippen molar-refractivity contribution in [3.63, 3.8) is 0 Å². The monoisotopic (exact) mass is 563 g/mol. The zero-order valence-corrected chi connectivity index (χ0v) is 20.7. The average Bonchev–Trinajstić information content (AvgIpc) is 3.29. The Kier molecular flexibility index (Phi) is 7.53. The number of aryl methyl sites for hydroxylation is 1. The van der Waals surface area contributed by atoms with Gasteiger partial charge in [0.25, 0.3) is 0 Å². The summed E-state index contributed by atoms with van der Waals surface area (Å²) in [6.07, 6.45) is -5.92. The van der Waals surface area contributed by atoms with Crippen LogP contribution in [0.2, 0.25) is 0 Å². The van der Waals surface area contributed by atoms with Crippen molar-refractivity contribution in [2.24, 2.45) is 0 Å². The highest BCUT2D eigenvalue weighted by molar-refractivity contribution is 5.86. The first-order chi connectivity index (χ1) is 18.7. The lowest BCUT2D eigenvalue weighted by atomic mass is 10.0. The van der Waals surface area contributed by atoms with Crippen LogP contribution in [0, 0.1) is 6.92 Å². The first-order valence-electron chi connectivity index (χ1n) is 11.3. The molecule has 40 heavy (non-hydrogen) atoms. The highest BCUT2D eigenvalue weighted by atomic mass is 19.4. The summed E-state index contributed by atoms with van der Waals surface area (Å²) in [4.78, 5) is 19.4. The second-order valence-corrected chi connectivity index (χ2v) is 8.38. The van der Waals surface area contributed by atoms with E-state index in [4.69, 9.17) is 9.84 Å². The number of benzene rings is 2. The van der Waals surface area contributed by atoms with Crippen molar-refractivity contribution in [2.45, 2.75) is 19.3 Å². The zero-order chi connectivity index (χ0) is 29.2. The quantitative estimate of drug-likeness (QED) is 0.195. The molecule has 0 saturated heterocycles. The summed E-state index contributed by atoms with van der Waals surface area (Å²) in [7, 11) is 1.20. The van der Waals surface area contributed by atoms with Crippen LogP contribution in [0.5, 0.6) is 5.75 Å². The number of nitrogens with zero attached hydrogens (tertiary/aromatic N) is 4. The summed E-state index contributed by atoms with van der Waals surface area (Å²) in [5.74, 6) is -1.62. The molecule has 0 bridgehead atoms. The molecule has 14 heteroatoms. The van der Waals surface area contributed by atoms with Gasteiger partial charge in [-0.15, -0.1) is 0 Å². The van der Waals surface area contributed by atoms with Crippen LogP contribution in [0.4, 0.5) is 38.0 Å². The van der Waals surface area contributed by atoms with Gasteiger partial charge in [-0.05, 0) is 48.4 Å². The standard InChI is InChI=1S/C26H19F6N5O3/c1-14-8-21(26(30,31)32)36-37(14)23-20(16-5-3-4-15(9-16)6-7-22(38)39)13-33-24(35-23)34-18-10-17(25(27,28)29)11-19(12-18)40-2/h3-13H,1-2H3,(H,38,39)(H,33,34,35). The summed E-state index contributed by atoms with van der Waals surface area (Å²) in [5, 5.41) is 15.2. The molecule has 0 fully saturated rings. The number of aromatic nitrogens is 4. The second kappa shape index (κ2) is 10.7. The maximum absolute atomic E-state index is 13.4. The van der Waals surface area contributed by atoms with E-state index in [0.29, 0.717) is 11.1 Å². The van der Waals surface area contributed by atoms with E-state index in [1.165, 1.54) is 32.4 Å². The molecule has 0 amide bonds. The number of carboxylic acids is 1. The Hall–Kier alpha value is -4.88. The number of hydrogen-bond donors (Lipinski definition) is 2. The first-order valence-corrected chi connectivity index (χ1v) is 11.3. The molecule has 0 saturated carbocycles. The van der Waals surface area contributed by atoms with E-state index >= 15 is 0 Å². The van der Waals surface area contributed by atoms with Crippen LogP contribution in [0.3, 0.4) is 0 Å². The third kappa shape index (κ3) is 6.39. The molecule has 2 aromatic heterocycles. The SMILES string of the molecule is COc1cc(Nc2ncc(-c3cccc(C=CC(=O)O)c3)c(-n3nc(C(F)(F)F)cc3C)n2)cc(C(F)(F)F)c1. The number of aliphatic carboxylic acids is 1. The zero-order valence-electron chi connectivity index (χ0n) is 20.7. The molecule has 0 atom stereocenters. The molecule has 0 radical (unpaired) electrons. The number of methoxy groups -OCH3 is 1. The highest BCUT2D eigenvalue weighted by Crippen LogP contribution is 2.36. The van der Waals surface area contributed by atoms with Crippen molar-refractivity contribution in [1.29, 1.82) is 0 Å². The maximum Gasteiger partial charge on any atom is 0.435 e. The highest BCUT2D eigenvalue weighted by Gasteiger charge is 2.35. The van der Waals surface area contributed by atoms with Gasteiger partial charge in [-0.1, -0.05) is 18.2 Å². The van der Waals surface area contributed by atoms with Crippen LogP contribution >= 0.6 is 0 Å². The minimum absolute atomic E-state index is 0.0703. The number of carboxylic acid groups (broad SMARTS) is 1. The van der Waals surface area contributed by atoms with E-state index < -0.39 is 29.6 Å². The molecule has 0 unspecified atom stereocenters. The number of carbonyl (C=O) groups is 1. The summed E-state index contributed by atoms with van der Waals surface area (Å²) >= 11 is 0. The fraction of sp³-hybridized carbons (Fsp3) is 0.154.